The molecule has 0 saturated carbocycles. The average Bonchev–Trinajstić information content (AvgIpc) is 2.99. The number of fused-ring (bicyclic) bond motifs is 1. The molecule has 0 amide bonds. The zero-order valence-corrected chi connectivity index (χ0v) is 14.6. The van der Waals surface area contributed by atoms with Crippen LogP contribution in [0.25, 0.3) is 11.3 Å². The lowest BCUT2D eigenvalue weighted by molar-refractivity contribution is 0.180. The first-order valence-corrected chi connectivity index (χ1v) is 9.00. The largest absolute Gasteiger partial charge is 0.364 e. The number of benzene rings is 1. The van der Waals surface area contributed by atoms with Gasteiger partial charge in [-0.1, -0.05) is 37.2 Å². The molecule has 1 unspecified atom stereocenters. The van der Waals surface area contributed by atoms with Crippen LogP contribution in [-0.2, 0) is 12.8 Å². The molecule has 23 heavy (non-hydrogen) atoms. The zero-order valence-electron chi connectivity index (χ0n) is 14.6. The van der Waals surface area contributed by atoms with Gasteiger partial charge in [-0.25, -0.2) is 0 Å². The van der Waals surface area contributed by atoms with Crippen molar-refractivity contribution < 1.29 is 4.52 Å². The molecule has 0 bridgehead atoms. The summed E-state index contributed by atoms with van der Waals surface area (Å²) in [6, 6.07) is 7.32. The lowest BCUT2D eigenvalue weighted by Crippen LogP contribution is -2.40. The molecular formula is C20H28N2O. The predicted molar refractivity (Wildman–Crippen MR) is 94.6 cm³/mol. The smallest absolute Gasteiger partial charge is 0.127 e. The first-order valence-electron chi connectivity index (χ1n) is 9.00. The molecular weight excluding hydrogens is 284 g/mol. The maximum absolute atomic E-state index is 5.18. The summed E-state index contributed by atoms with van der Waals surface area (Å²) in [4.78, 5) is 2.69. The topological polar surface area (TPSA) is 29.3 Å². The summed E-state index contributed by atoms with van der Waals surface area (Å²) in [5.41, 5.74) is 6.39. The van der Waals surface area contributed by atoms with E-state index in [0.717, 1.165) is 17.7 Å². The summed E-state index contributed by atoms with van der Waals surface area (Å²) < 4.78 is 5.18. The van der Waals surface area contributed by atoms with Gasteiger partial charge in [-0.2, -0.15) is 0 Å². The van der Waals surface area contributed by atoms with Crippen molar-refractivity contribution in [1.82, 2.24) is 10.1 Å². The van der Waals surface area contributed by atoms with E-state index in [-0.39, 0.29) is 0 Å². The molecule has 0 aliphatic heterocycles. The minimum atomic E-state index is 0.663. The van der Waals surface area contributed by atoms with E-state index in [1.807, 2.05) is 0 Å². The SMILES string of the molecule is CCCN(CCC)C1CCc2cccc(-c3nocc3C)c2C1. The third kappa shape index (κ3) is 3.35. The Labute approximate surface area is 139 Å². The fourth-order valence-corrected chi connectivity index (χ4v) is 3.90. The van der Waals surface area contributed by atoms with E-state index in [1.165, 1.54) is 55.5 Å². The summed E-state index contributed by atoms with van der Waals surface area (Å²) in [6.45, 7) is 9.05. The second kappa shape index (κ2) is 7.31. The Kier molecular flexibility index (Phi) is 5.16. The molecule has 1 aromatic carbocycles. The van der Waals surface area contributed by atoms with Gasteiger partial charge in [0.25, 0.3) is 0 Å². The van der Waals surface area contributed by atoms with E-state index in [9.17, 15) is 0 Å². The molecule has 2 aromatic rings. The van der Waals surface area contributed by atoms with E-state index in [4.69, 9.17) is 4.52 Å². The lowest BCUT2D eigenvalue weighted by Gasteiger charge is -2.35. The van der Waals surface area contributed by atoms with Gasteiger partial charge in [-0.15, -0.1) is 0 Å². The standard InChI is InChI=1S/C20H28N2O/c1-4-11-22(12-5-2)17-10-9-16-7-6-8-18(19(16)13-17)20-15(3)14-23-21-20/h6-8,14,17H,4-5,9-13H2,1-3H3. The van der Waals surface area contributed by atoms with Gasteiger partial charge < -0.3 is 9.42 Å². The van der Waals surface area contributed by atoms with Crippen LogP contribution < -0.4 is 0 Å². The molecule has 124 valence electrons. The Hall–Kier alpha value is -1.61. The Morgan fingerprint density at radius 2 is 2.00 bits per heavy atom. The van der Waals surface area contributed by atoms with Gasteiger partial charge in [0.05, 0.1) is 0 Å². The van der Waals surface area contributed by atoms with E-state index in [2.05, 4.69) is 49.0 Å². The van der Waals surface area contributed by atoms with Crippen molar-refractivity contribution in [2.24, 2.45) is 0 Å². The van der Waals surface area contributed by atoms with E-state index < -0.39 is 0 Å². The molecule has 0 saturated heterocycles. The second-order valence-electron chi connectivity index (χ2n) is 6.72. The fourth-order valence-electron chi connectivity index (χ4n) is 3.90. The number of rotatable bonds is 6. The number of hydrogen-bond donors (Lipinski definition) is 0. The summed E-state index contributed by atoms with van der Waals surface area (Å²) in [6.07, 6.45) is 7.79. The molecule has 0 N–H and O–H groups in total. The summed E-state index contributed by atoms with van der Waals surface area (Å²) in [5, 5.41) is 4.25. The van der Waals surface area contributed by atoms with Crippen LogP contribution in [0.15, 0.2) is 29.0 Å². The van der Waals surface area contributed by atoms with Crippen molar-refractivity contribution in [2.45, 2.75) is 58.9 Å². The van der Waals surface area contributed by atoms with Crippen LogP contribution in [0.5, 0.6) is 0 Å². The van der Waals surface area contributed by atoms with Gasteiger partial charge in [0, 0.05) is 17.2 Å². The highest BCUT2D eigenvalue weighted by atomic mass is 16.5. The molecule has 1 aliphatic rings. The minimum absolute atomic E-state index is 0.663. The van der Waals surface area contributed by atoms with Crippen LogP contribution in [0, 0.1) is 6.92 Å². The van der Waals surface area contributed by atoms with E-state index in [1.54, 1.807) is 6.26 Å². The van der Waals surface area contributed by atoms with Crippen molar-refractivity contribution >= 4 is 0 Å². The first-order chi connectivity index (χ1) is 11.2. The maximum atomic E-state index is 5.18. The maximum Gasteiger partial charge on any atom is 0.127 e. The first kappa shape index (κ1) is 16.3. The van der Waals surface area contributed by atoms with Gasteiger partial charge in [-0.05, 0) is 63.2 Å². The summed E-state index contributed by atoms with van der Waals surface area (Å²) in [5.74, 6) is 0. The molecule has 3 rings (SSSR count). The van der Waals surface area contributed by atoms with Crippen LogP contribution in [0.1, 0.15) is 49.8 Å². The second-order valence-corrected chi connectivity index (χ2v) is 6.72. The predicted octanol–water partition coefficient (Wildman–Crippen LogP) is 4.63. The van der Waals surface area contributed by atoms with Gasteiger partial charge in [0.1, 0.15) is 12.0 Å². The summed E-state index contributed by atoms with van der Waals surface area (Å²) >= 11 is 0. The van der Waals surface area contributed by atoms with Crippen LogP contribution in [0.4, 0.5) is 0 Å². The highest BCUT2D eigenvalue weighted by Crippen LogP contribution is 2.33. The fraction of sp³-hybridized carbons (Fsp3) is 0.550. The van der Waals surface area contributed by atoms with Gasteiger partial charge in [0.2, 0.25) is 0 Å². The number of nitrogens with zero attached hydrogens (tertiary/aromatic N) is 2. The van der Waals surface area contributed by atoms with Crippen LogP contribution in [-0.4, -0.2) is 29.2 Å². The van der Waals surface area contributed by atoms with E-state index in [0.29, 0.717) is 6.04 Å². The monoisotopic (exact) mass is 312 g/mol. The highest BCUT2D eigenvalue weighted by molar-refractivity contribution is 5.68. The van der Waals surface area contributed by atoms with Crippen molar-refractivity contribution in [1.29, 1.82) is 0 Å². The van der Waals surface area contributed by atoms with Crippen LogP contribution in [0.2, 0.25) is 0 Å². The summed E-state index contributed by atoms with van der Waals surface area (Å²) in [7, 11) is 0. The third-order valence-electron chi connectivity index (χ3n) is 5.00. The molecule has 0 fully saturated rings. The Balaban J connectivity index is 1.91. The molecule has 1 aromatic heterocycles. The number of hydrogen-bond acceptors (Lipinski definition) is 3. The molecule has 0 radical (unpaired) electrons. The van der Waals surface area contributed by atoms with Crippen LogP contribution in [0.3, 0.4) is 0 Å². The molecule has 1 atom stereocenters. The average molecular weight is 312 g/mol. The quantitative estimate of drug-likeness (QED) is 0.779. The number of aryl methyl sites for hydroxylation is 2. The van der Waals surface area contributed by atoms with Crippen molar-refractivity contribution in [2.75, 3.05) is 13.1 Å². The Morgan fingerprint density at radius 1 is 1.22 bits per heavy atom. The van der Waals surface area contributed by atoms with Gasteiger partial charge in [0.15, 0.2) is 0 Å². The van der Waals surface area contributed by atoms with Crippen molar-refractivity contribution in [3.05, 3.63) is 41.2 Å². The molecule has 1 aliphatic carbocycles. The normalized spacial score (nSPS) is 17.5. The van der Waals surface area contributed by atoms with Crippen molar-refractivity contribution in [3.8, 4) is 11.3 Å². The molecule has 3 heteroatoms. The molecule has 0 spiro atoms. The highest BCUT2D eigenvalue weighted by Gasteiger charge is 2.26. The van der Waals surface area contributed by atoms with Gasteiger partial charge >= 0.3 is 0 Å². The van der Waals surface area contributed by atoms with E-state index >= 15 is 0 Å². The molecule has 3 nitrogen and oxygen atoms in total. The Bertz CT molecular complexity index is 641. The molecule has 1 heterocycles. The van der Waals surface area contributed by atoms with Crippen LogP contribution >= 0.6 is 0 Å². The minimum Gasteiger partial charge on any atom is -0.364 e. The lowest BCUT2D eigenvalue weighted by atomic mass is 9.83. The van der Waals surface area contributed by atoms with Gasteiger partial charge in [-0.3, -0.25) is 0 Å². The Morgan fingerprint density at radius 3 is 2.65 bits per heavy atom. The zero-order chi connectivity index (χ0) is 16.2. The number of aromatic nitrogens is 1. The van der Waals surface area contributed by atoms with Crippen molar-refractivity contribution in [3.63, 3.8) is 0 Å². The third-order valence-corrected chi connectivity index (χ3v) is 5.00.